The number of pyridine rings is 1. The van der Waals surface area contributed by atoms with Crippen LogP contribution < -0.4 is 10.1 Å². The molecule has 0 saturated carbocycles. The molecule has 4 nitrogen and oxygen atoms in total. The van der Waals surface area contributed by atoms with Crippen LogP contribution in [0.3, 0.4) is 0 Å². The van der Waals surface area contributed by atoms with Crippen molar-refractivity contribution in [2.75, 3.05) is 26.7 Å². The third-order valence-corrected chi connectivity index (χ3v) is 5.63. The Morgan fingerprint density at radius 1 is 1.48 bits per heavy atom. The van der Waals surface area contributed by atoms with Crippen LogP contribution in [0.1, 0.15) is 16.5 Å². The van der Waals surface area contributed by atoms with Gasteiger partial charge in [0.15, 0.2) is 5.06 Å². The van der Waals surface area contributed by atoms with E-state index >= 15 is 0 Å². The number of thiophene rings is 1. The summed E-state index contributed by atoms with van der Waals surface area (Å²) >= 11 is 5.26. The summed E-state index contributed by atoms with van der Waals surface area (Å²) in [6, 6.07) is 6.77. The van der Waals surface area contributed by atoms with Gasteiger partial charge in [-0.05, 0) is 39.7 Å². The number of rotatable bonds is 4. The summed E-state index contributed by atoms with van der Waals surface area (Å²) in [6.07, 6.45) is 3.74. The molecule has 3 rings (SSSR count). The third-order valence-electron chi connectivity index (χ3n) is 3.70. The highest BCUT2D eigenvalue weighted by molar-refractivity contribution is 9.10. The first-order valence-corrected chi connectivity index (χ1v) is 8.56. The average Bonchev–Trinajstić information content (AvgIpc) is 2.88. The van der Waals surface area contributed by atoms with Crippen LogP contribution in [0.5, 0.6) is 5.06 Å². The molecule has 1 aliphatic heterocycles. The first-order valence-electron chi connectivity index (χ1n) is 6.95. The molecule has 1 aliphatic rings. The van der Waals surface area contributed by atoms with Crippen molar-refractivity contribution in [2.24, 2.45) is 0 Å². The quantitative estimate of drug-likeness (QED) is 0.900. The minimum absolute atomic E-state index is 0.397. The van der Waals surface area contributed by atoms with Crippen LogP contribution in [0.15, 0.2) is 35.1 Å². The predicted molar refractivity (Wildman–Crippen MR) is 88.8 cm³/mol. The molecular formula is C15H18BrN3OS. The summed E-state index contributed by atoms with van der Waals surface area (Å²) in [7, 11) is 1.71. The van der Waals surface area contributed by atoms with Crippen LogP contribution in [0.2, 0.25) is 0 Å². The van der Waals surface area contributed by atoms with E-state index in [9.17, 15) is 0 Å². The zero-order valence-electron chi connectivity index (χ0n) is 11.9. The fourth-order valence-electron chi connectivity index (χ4n) is 2.66. The molecule has 1 saturated heterocycles. The van der Waals surface area contributed by atoms with E-state index in [0.29, 0.717) is 6.04 Å². The Kier molecular flexibility index (Phi) is 4.90. The van der Waals surface area contributed by atoms with Crippen LogP contribution in [0.25, 0.3) is 0 Å². The average molecular weight is 368 g/mol. The number of piperazine rings is 1. The first kappa shape index (κ1) is 15.0. The van der Waals surface area contributed by atoms with Gasteiger partial charge in [0, 0.05) is 49.5 Å². The van der Waals surface area contributed by atoms with Crippen LogP contribution in [-0.4, -0.2) is 36.6 Å². The van der Waals surface area contributed by atoms with Gasteiger partial charge in [0.2, 0.25) is 0 Å². The van der Waals surface area contributed by atoms with E-state index in [4.69, 9.17) is 4.74 Å². The molecule has 0 amide bonds. The Morgan fingerprint density at radius 3 is 3.00 bits per heavy atom. The van der Waals surface area contributed by atoms with Gasteiger partial charge in [0.25, 0.3) is 0 Å². The van der Waals surface area contributed by atoms with Gasteiger partial charge in [0.05, 0.1) is 11.6 Å². The fraction of sp³-hybridized carbons (Fsp3) is 0.400. The maximum atomic E-state index is 5.36. The second-order valence-electron chi connectivity index (χ2n) is 5.02. The molecule has 1 atom stereocenters. The summed E-state index contributed by atoms with van der Waals surface area (Å²) in [5.74, 6) is 0. The molecule has 0 aliphatic carbocycles. The largest absolute Gasteiger partial charge is 0.486 e. The van der Waals surface area contributed by atoms with Crippen LogP contribution in [-0.2, 0) is 6.54 Å². The highest BCUT2D eigenvalue weighted by Gasteiger charge is 2.24. The zero-order chi connectivity index (χ0) is 14.7. The Balaban J connectivity index is 1.78. The molecule has 0 bridgehead atoms. The lowest BCUT2D eigenvalue weighted by atomic mass is 10.0. The summed E-state index contributed by atoms with van der Waals surface area (Å²) in [5.41, 5.74) is 1.32. The van der Waals surface area contributed by atoms with E-state index in [0.717, 1.165) is 35.7 Å². The molecule has 2 aromatic rings. The smallest absolute Gasteiger partial charge is 0.188 e. The van der Waals surface area contributed by atoms with Crippen molar-refractivity contribution in [1.29, 1.82) is 0 Å². The molecule has 1 unspecified atom stereocenters. The standard InChI is InChI=1S/C15H18BrN3OS/c1-20-15-13(16)8-12(21-15)10-19-7-6-18-9-14(19)11-2-4-17-5-3-11/h2-5,8,14,18H,6-7,9-10H2,1H3. The predicted octanol–water partition coefficient (Wildman–Crippen LogP) is 3.06. The lowest BCUT2D eigenvalue weighted by Crippen LogP contribution is -2.45. The molecule has 0 aromatic carbocycles. The molecule has 0 radical (unpaired) electrons. The Labute approximate surface area is 137 Å². The molecule has 1 fully saturated rings. The highest BCUT2D eigenvalue weighted by Crippen LogP contribution is 2.36. The molecule has 3 heterocycles. The van der Waals surface area contributed by atoms with E-state index in [1.165, 1.54) is 10.4 Å². The topological polar surface area (TPSA) is 37.4 Å². The molecular weight excluding hydrogens is 350 g/mol. The van der Waals surface area contributed by atoms with Gasteiger partial charge in [-0.3, -0.25) is 9.88 Å². The van der Waals surface area contributed by atoms with Gasteiger partial charge in [-0.25, -0.2) is 0 Å². The van der Waals surface area contributed by atoms with Gasteiger partial charge in [-0.2, -0.15) is 0 Å². The van der Waals surface area contributed by atoms with Gasteiger partial charge in [-0.1, -0.05) is 0 Å². The molecule has 112 valence electrons. The molecule has 1 N–H and O–H groups in total. The summed E-state index contributed by atoms with van der Waals surface area (Å²) in [6.45, 7) is 4.01. The summed E-state index contributed by atoms with van der Waals surface area (Å²) in [5, 5.41) is 4.43. The zero-order valence-corrected chi connectivity index (χ0v) is 14.3. The van der Waals surface area contributed by atoms with Crippen LogP contribution in [0, 0.1) is 0 Å². The van der Waals surface area contributed by atoms with Crippen LogP contribution in [0.4, 0.5) is 0 Å². The van der Waals surface area contributed by atoms with Crippen molar-refractivity contribution in [3.63, 3.8) is 0 Å². The molecule has 6 heteroatoms. The van der Waals surface area contributed by atoms with Crippen molar-refractivity contribution in [3.8, 4) is 5.06 Å². The minimum Gasteiger partial charge on any atom is -0.486 e. The van der Waals surface area contributed by atoms with Gasteiger partial charge < -0.3 is 10.1 Å². The lowest BCUT2D eigenvalue weighted by molar-refractivity contribution is 0.155. The maximum absolute atomic E-state index is 5.36. The van der Waals surface area contributed by atoms with Crippen molar-refractivity contribution < 1.29 is 4.74 Å². The number of ether oxygens (including phenoxy) is 1. The van der Waals surface area contributed by atoms with Crippen LogP contribution >= 0.6 is 27.3 Å². The Morgan fingerprint density at radius 2 is 2.29 bits per heavy atom. The normalized spacial score (nSPS) is 19.6. The molecule has 2 aromatic heterocycles. The number of halogens is 1. The number of hydrogen-bond donors (Lipinski definition) is 1. The maximum Gasteiger partial charge on any atom is 0.188 e. The van der Waals surface area contributed by atoms with Crippen molar-refractivity contribution in [2.45, 2.75) is 12.6 Å². The number of nitrogens with one attached hydrogen (secondary N) is 1. The highest BCUT2D eigenvalue weighted by atomic mass is 79.9. The minimum atomic E-state index is 0.397. The lowest BCUT2D eigenvalue weighted by Gasteiger charge is -2.36. The van der Waals surface area contributed by atoms with E-state index in [1.807, 2.05) is 12.4 Å². The van der Waals surface area contributed by atoms with Gasteiger partial charge in [-0.15, -0.1) is 11.3 Å². The number of methoxy groups -OCH3 is 1. The van der Waals surface area contributed by atoms with E-state index in [2.05, 4.69) is 49.3 Å². The second-order valence-corrected chi connectivity index (χ2v) is 6.98. The van der Waals surface area contributed by atoms with Gasteiger partial charge in [0.1, 0.15) is 0 Å². The number of aromatic nitrogens is 1. The van der Waals surface area contributed by atoms with E-state index in [1.54, 1.807) is 18.4 Å². The summed E-state index contributed by atoms with van der Waals surface area (Å²) < 4.78 is 6.40. The molecule has 0 spiro atoms. The second kappa shape index (κ2) is 6.87. The number of hydrogen-bond acceptors (Lipinski definition) is 5. The Hall–Kier alpha value is -0.950. The SMILES string of the molecule is COc1sc(CN2CCNCC2c2ccncc2)cc1Br. The summed E-state index contributed by atoms with van der Waals surface area (Å²) in [4.78, 5) is 7.95. The van der Waals surface area contributed by atoms with Crippen molar-refractivity contribution in [1.82, 2.24) is 15.2 Å². The third kappa shape index (κ3) is 3.45. The van der Waals surface area contributed by atoms with Crippen molar-refractivity contribution >= 4 is 27.3 Å². The fourth-order valence-corrected chi connectivity index (χ4v) is 4.38. The first-order chi connectivity index (χ1) is 10.3. The van der Waals surface area contributed by atoms with E-state index in [-0.39, 0.29) is 0 Å². The van der Waals surface area contributed by atoms with Crippen molar-refractivity contribution in [3.05, 3.63) is 45.5 Å². The van der Waals surface area contributed by atoms with Gasteiger partial charge >= 0.3 is 0 Å². The monoisotopic (exact) mass is 367 g/mol. The Bertz CT molecular complexity index is 590. The molecule has 21 heavy (non-hydrogen) atoms. The van der Waals surface area contributed by atoms with E-state index < -0.39 is 0 Å². The number of nitrogens with zero attached hydrogens (tertiary/aromatic N) is 2.